The first-order chi connectivity index (χ1) is 8.46. The predicted molar refractivity (Wildman–Crippen MR) is 72.0 cm³/mol. The summed E-state index contributed by atoms with van der Waals surface area (Å²) in [4.78, 5) is 15.6. The molecule has 0 saturated heterocycles. The number of methoxy groups -OCH3 is 1. The minimum absolute atomic E-state index is 0.222. The van der Waals surface area contributed by atoms with Crippen molar-refractivity contribution >= 4 is 22.4 Å². The molecule has 0 fully saturated rings. The van der Waals surface area contributed by atoms with Gasteiger partial charge in [0, 0.05) is 19.0 Å². The zero-order valence-electron chi connectivity index (χ0n) is 11.3. The lowest BCUT2D eigenvalue weighted by Gasteiger charge is -2.22. The Hall–Kier alpha value is -1.14. The molecule has 1 heterocycles. The van der Waals surface area contributed by atoms with Crippen LogP contribution in [-0.2, 0) is 20.7 Å². The van der Waals surface area contributed by atoms with E-state index in [1.165, 1.54) is 11.3 Å². The summed E-state index contributed by atoms with van der Waals surface area (Å²) >= 11 is 1.48. The van der Waals surface area contributed by atoms with Gasteiger partial charge in [0.05, 0.1) is 24.3 Å². The van der Waals surface area contributed by atoms with Crippen LogP contribution in [0.5, 0.6) is 0 Å². The van der Waals surface area contributed by atoms with E-state index in [1.54, 1.807) is 14.0 Å². The molecule has 0 aliphatic carbocycles. The van der Waals surface area contributed by atoms with E-state index < -0.39 is 0 Å². The zero-order valence-corrected chi connectivity index (χ0v) is 12.1. The third kappa shape index (κ3) is 5.01. The van der Waals surface area contributed by atoms with Gasteiger partial charge < -0.3 is 14.8 Å². The quantitative estimate of drug-likeness (QED) is 0.770. The maximum atomic E-state index is 11.3. The average Bonchev–Trinajstić information content (AvgIpc) is 2.75. The fourth-order valence-electron chi connectivity index (χ4n) is 1.19. The van der Waals surface area contributed by atoms with Crippen LogP contribution < -0.4 is 5.32 Å². The van der Waals surface area contributed by atoms with Gasteiger partial charge in [-0.2, -0.15) is 0 Å². The van der Waals surface area contributed by atoms with E-state index in [4.69, 9.17) is 9.47 Å². The second-order valence-electron chi connectivity index (χ2n) is 4.44. The molecule has 0 atom stereocenters. The normalized spacial score (nSPS) is 11.3. The Morgan fingerprint density at radius 3 is 2.89 bits per heavy atom. The summed E-state index contributed by atoms with van der Waals surface area (Å²) in [5.41, 5.74) is 0.489. The maximum absolute atomic E-state index is 11.3. The molecule has 1 aromatic heterocycles. The number of nitrogens with zero attached hydrogens (tertiary/aromatic N) is 1. The summed E-state index contributed by atoms with van der Waals surface area (Å²) in [5.74, 6) is -0.244. The monoisotopic (exact) mass is 272 g/mol. The van der Waals surface area contributed by atoms with Gasteiger partial charge in [0.25, 0.3) is 0 Å². The van der Waals surface area contributed by atoms with Crippen molar-refractivity contribution in [2.45, 2.75) is 32.8 Å². The van der Waals surface area contributed by atoms with E-state index in [2.05, 4.69) is 10.3 Å². The maximum Gasteiger partial charge on any atom is 0.311 e. The number of carbonyl (C=O) groups is 1. The summed E-state index contributed by atoms with van der Waals surface area (Å²) in [6, 6.07) is 0. The number of aromatic nitrogens is 1. The number of ether oxygens (including phenoxy) is 2. The molecule has 0 radical (unpaired) electrons. The number of nitrogens with one attached hydrogen (secondary N) is 1. The predicted octanol–water partition coefficient (Wildman–Crippen LogP) is 2.09. The van der Waals surface area contributed by atoms with E-state index in [9.17, 15) is 4.79 Å². The molecule has 0 saturated carbocycles. The summed E-state index contributed by atoms with van der Waals surface area (Å²) in [6.45, 7) is 6.84. The Kier molecular flexibility index (Phi) is 5.55. The summed E-state index contributed by atoms with van der Waals surface area (Å²) in [7, 11) is 1.68. The molecule has 0 amide bonds. The van der Waals surface area contributed by atoms with Crippen molar-refractivity contribution in [3.63, 3.8) is 0 Å². The lowest BCUT2D eigenvalue weighted by Crippen LogP contribution is -2.32. The number of hydrogen-bond donors (Lipinski definition) is 1. The van der Waals surface area contributed by atoms with Crippen molar-refractivity contribution in [1.29, 1.82) is 0 Å². The van der Waals surface area contributed by atoms with Crippen molar-refractivity contribution in [2.24, 2.45) is 0 Å². The molecular weight excluding hydrogens is 252 g/mol. The largest absolute Gasteiger partial charge is 0.466 e. The molecular formula is C12H20N2O3S. The minimum atomic E-state index is -0.244. The highest BCUT2D eigenvalue weighted by Gasteiger charge is 2.16. The highest BCUT2D eigenvalue weighted by atomic mass is 32.1. The first-order valence-electron chi connectivity index (χ1n) is 5.86. The third-order valence-electron chi connectivity index (χ3n) is 2.40. The summed E-state index contributed by atoms with van der Waals surface area (Å²) in [6.07, 6.45) is 0.222. The summed E-state index contributed by atoms with van der Waals surface area (Å²) in [5, 5.41) is 5.84. The number of rotatable bonds is 7. The molecule has 1 rings (SSSR count). The van der Waals surface area contributed by atoms with Crippen molar-refractivity contribution in [3.8, 4) is 0 Å². The fraction of sp³-hybridized carbons (Fsp3) is 0.667. The number of hydrogen-bond acceptors (Lipinski definition) is 6. The molecule has 1 N–H and O–H groups in total. The Labute approximate surface area is 112 Å². The Morgan fingerprint density at radius 1 is 1.56 bits per heavy atom. The lowest BCUT2D eigenvalue weighted by molar-refractivity contribution is -0.142. The van der Waals surface area contributed by atoms with Crippen LogP contribution in [0.25, 0.3) is 0 Å². The number of esters is 1. The number of carbonyl (C=O) groups excluding carboxylic acids is 1. The standard InChI is InChI=1S/C12H20N2O3S/c1-5-17-10(15)6-9-7-18-11(14-9)13-8-12(2,3)16-4/h7H,5-6,8H2,1-4H3,(H,13,14). The Balaban J connectivity index is 2.46. The SMILES string of the molecule is CCOC(=O)Cc1csc(NCC(C)(C)OC)n1. The van der Waals surface area contributed by atoms with E-state index in [0.717, 1.165) is 10.8 Å². The van der Waals surface area contributed by atoms with Gasteiger partial charge in [0.1, 0.15) is 0 Å². The minimum Gasteiger partial charge on any atom is -0.466 e. The molecule has 102 valence electrons. The molecule has 0 aliphatic rings. The van der Waals surface area contributed by atoms with Crippen LogP contribution in [0.4, 0.5) is 5.13 Å². The van der Waals surface area contributed by atoms with Crippen LogP contribution >= 0.6 is 11.3 Å². The van der Waals surface area contributed by atoms with Gasteiger partial charge in [-0.15, -0.1) is 11.3 Å². The van der Waals surface area contributed by atoms with Gasteiger partial charge in [0.2, 0.25) is 0 Å². The third-order valence-corrected chi connectivity index (χ3v) is 3.25. The molecule has 1 aromatic rings. The average molecular weight is 272 g/mol. The number of anilines is 1. The smallest absolute Gasteiger partial charge is 0.311 e. The fourth-order valence-corrected chi connectivity index (χ4v) is 1.90. The van der Waals surface area contributed by atoms with Crippen molar-refractivity contribution in [3.05, 3.63) is 11.1 Å². The van der Waals surface area contributed by atoms with E-state index >= 15 is 0 Å². The molecule has 0 unspecified atom stereocenters. The molecule has 0 aliphatic heterocycles. The second-order valence-corrected chi connectivity index (χ2v) is 5.30. The Bertz CT molecular complexity index is 390. The van der Waals surface area contributed by atoms with Crippen molar-refractivity contribution < 1.29 is 14.3 Å². The first-order valence-corrected chi connectivity index (χ1v) is 6.74. The molecule has 0 spiro atoms. The molecule has 18 heavy (non-hydrogen) atoms. The van der Waals surface area contributed by atoms with Crippen LogP contribution in [-0.4, -0.2) is 36.8 Å². The van der Waals surface area contributed by atoms with Gasteiger partial charge in [-0.05, 0) is 20.8 Å². The Morgan fingerprint density at radius 2 is 2.28 bits per heavy atom. The van der Waals surface area contributed by atoms with E-state index in [-0.39, 0.29) is 18.0 Å². The van der Waals surface area contributed by atoms with E-state index in [1.807, 2.05) is 19.2 Å². The van der Waals surface area contributed by atoms with Gasteiger partial charge in [0.15, 0.2) is 5.13 Å². The van der Waals surface area contributed by atoms with Crippen LogP contribution in [0.2, 0.25) is 0 Å². The lowest BCUT2D eigenvalue weighted by atomic mass is 10.1. The summed E-state index contributed by atoms with van der Waals surface area (Å²) < 4.78 is 10.2. The number of thiazole rings is 1. The van der Waals surface area contributed by atoms with Crippen LogP contribution in [0, 0.1) is 0 Å². The highest BCUT2D eigenvalue weighted by molar-refractivity contribution is 7.13. The van der Waals surface area contributed by atoms with Crippen molar-refractivity contribution in [2.75, 3.05) is 25.6 Å². The van der Waals surface area contributed by atoms with Gasteiger partial charge in [-0.25, -0.2) is 4.98 Å². The van der Waals surface area contributed by atoms with Gasteiger partial charge >= 0.3 is 5.97 Å². The molecule has 0 aromatic carbocycles. The second kappa shape index (κ2) is 6.70. The zero-order chi connectivity index (χ0) is 13.6. The highest BCUT2D eigenvalue weighted by Crippen LogP contribution is 2.18. The van der Waals surface area contributed by atoms with Gasteiger partial charge in [-0.1, -0.05) is 0 Å². The van der Waals surface area contributed by atoms with Gasteiger partial charge in [-0.3, -0.25) is 4.79 Å². The molecule has 6 heteroatoms. The first kappa shape index (κ1) is 14.9. The van der Waals surface area contributed by atoms with Crippen molar-refractivity contribution in [1.82, 2.24) is 4.98 Å². The molecule has 5 nitrogen and oxygen atoms in total. The van der Waals surface area contributed by atoms with Crippen LogP contribution in [0.1, 0.15) is 26.5 Å². The van der Waals surface area contributed by atoms with Crippen LogP contribution in [0.3, 0.4) is 0 Å². The van der Waals surface area contributed by atoms with Crippen LogP contribution in [0.15, 0.2) is 5.38 Å². The topological polar surface area (TPSA) is 60.5 Å². The molecule has 0 bridgehead atoms. The van der Waals surface area contributed by atoms with E-state index in [0.29, 0.717) is 13.2 Å².